The first-order chi connectivity index (χ1) is 14.1. The van der Waals surface area contributed by atoms with Crippen molar-refractivity contribution < 1.29 is 43.5 Å². The lowest BCUT2D eigenvalue weighted by Gasteiger charge is -2.10. The Hall–Kier alpha value is -2.96. The molecular weight excluding hydrogens is 460 g/mol. The van der Waals surface area contributed by atoms with Crippen molar-refractivity contribution in [1.82, 2.24) is 9.97 Å². The van der Waals surface area contributed by atoms with Gasteiger partial charge < -0.3 is 4.98 Å². The van der Waals surface area contributed by atoms with E-state index in [2.05, 4.69) is 4.98 Å². The van der Waals surface area contributed by atoms with E-state index < -0.39 is 67.1 Å². The number of H-pyrrole nitrogens is 1. The summed E-state index contributed by atoms with van der Waals surface area (Å²) < 4.78 is 130. The molecule has 0 radical (unpaired) electrons. The molecular formula is C18H10F8N2O2S. The van der Waals surface area contributed by atoms with Crippen molar-refractivity contribution in [2.24, 2.45) is 0 Å². The summed E-state index contributed by atoms with van der Waals surface area (Å²) in [7, 11) is -4.35. The van der Waals surface area contributed by atoms with Gasteiger partial charge in [-0.25, -0.2) is 22.2 Å². The molecule has 0 bridgehead atoms. The molecule has 0 aliphatic heterocycles. The largest absolute Gasteiger partial charge is 0.449 e. The summed E-state index contributed by atoms with van der Waals surface area (Å²) in [6.07, 6.45) is -9.34. The summed E-state index contributed by atoms with van der Waals surface area (Å²) in [5.41, 5.74) is -3.49. The molecule has 0 fully saturated rings. The predicted octanol–water partition coefficient (Wildman–Crippen LogP) is 5.46. The Balaban J connectivity index is 2.29. The van der Waals surface area contributed by atoms with Crippen molar-refractivity contribution in [3.8, 4) is 22.5 Å². The standard InChI is InChI=1S/C18H10F8N2O2S/c1-31(29,30)15-11(19)6-9(7-12(15)20)14-13(27-16(28-14)18(24,25)26)8-3-2-4-10(5-8)17(21,22)23/h2-7H,1H3,(H,27,28). The van der Waals surface area contributed by atoms with Gasteiger partial charge >= 0.3 is 12.4 Å². The van der Waals surface area contributed by atoms with Crippen molar-refractivity contribution >= 4 is 9.84 Å². The quantitative estimate of drug-likeness (QED) is 0.517. The first kappa shape index (κ1) is 22.7. The van der Waals surface area contributed by atoms with Crippen molar-refractivity contribution in [1.29, 1.82) is 0 Å². The lowest BCUT2D eigenvalue weighted by atomic mass is 10.0. The summed E-state index contributed by atoms with van der Waals surface area (Å²) in [5, 5.41) is 0. The summed E-state index contributed by atoms with van der Waals surface area (Å²) in [6.45, 7) is 0. The number of aromatic nitrogens is 2. The number of sulfone groups is 1. The van der Waals surface area contributed by atoms with Gasteiger partial charge in [0.15, 0.2) is 9.84 Å². The first-order valence-electron chi connectivity index (χ1n) is 8.13. The molecule has 2 aromatic carbocycles. The highest BCUT2D eigenvalue weighted by atomic mass is 32.2. The Bertz CT molecular complexity index is 1240. The van der Waals surface area contributed by atoms with Crippen LogP contribution in [0, 0.1) is 11.6 Å². The van der Waals surface area contributed by atoms with Gasteiger partial charge in [0.2, 0.25) is 5.82 Å². The first-order valence-corrected chi connectivity index (χ1v) is 10.0. The fourth-order valence-corrected chi connectivity index (χ4v) is 3.65. The number of hydrogen-bond donors (Lipinski definition) is 1. The number of nitrogens with one attached hydrogen (secondary N) is 1. The van der Waals surface area contributed by atoms with E-state index in [4.69, 9.17) is 0 Å². The molecule has 1 N–H and O–H groups in total. The maximum atomic E-state index is 14.3. The van der Waals surface area contributed by atoms with Gasteiger partial charge in [0.25, 0.3) is 0 Å². The lowest BCUT2D eigenvalue weighted by molar-refractivity contribution is -0.144. The smallest absolute Gasteiger partial charge is 0.334 e. The monoisotopic (exact) mass is 470 g/mol. The predicted molar refractivity (Wildman–Crippen MR) is 92.5 cm³/mol. The summed E-state index contributed by atoms with van der Waals surface area (Å²) >= 11 is 0. The molecule has 0 aliphatic rings. The second-order valence-corrected chi connectivity index (χ2v) is 8.38. The molecule has 13 heteroatoms. The van der Waals surface area contributed by atoms with E-state index in [0.717, 1.165) is 12.1 Å². The molecule has 0 unspecified atom stereocenters. The van der Waals surface area contributed by atoms with Gasteiger partial charge in [-0.3, -0.25) is 0 Å². The van der Waals surface area contributed by atoms with Crippen LogP contribution in [-0.4, -0.2) is 24.6 Å². The average Bonchev–Trinajstić information content (AvgIpc) is 3.05. The molecule has 0 amide bonds. The van der Waals surface area contributed by atoms with Crippen LogP contribution in [0.15, 0.2) is 41.3 Å². The minimum atomic E-state index is -5.06. The molecule has 0 saturated heterocycles. The number of hydrogen-bond acceptors (Lipinski definition) is 3. The normalized spacial score (nSPS) is 12.9. The van der Waals surface area contributed by atoms with Gasteiger partial charge in [-0.2, -0.15) is 26.3 Å². The molecule has 0 aliphatic carbocycles. The Morgan fingerprint density at radius 3 is 1.94 bits per heavy atom. The van der Waals surface area contributed by atoms with E-state index in [1.165, 1.54) is 0 Å². The van der Waals surface area contributed by atoms with Crippen LogP contribution in [0.25, 0.3) is 22.5 Å². The van der Waals surface area contributed by atoms with Gasteiger partial charge in [-0.1, -0.05) is 12.1 Å². The lowest BCUT2D eigenvalue weighted by Crippen LogP contribution is -2.07. The topological polar surface area (TPSA) is 62.8 Å². The number of benzene rings is 2. The highest BCUT2D eigenvalue weighted by Crippen LogP contribution is 2.39. The number of alkyl halides is 6. The zero-order chi connectivity index (χ0) is 23.4. The number of halogens is 8. The third-order valence-corrected chi connectivity index (χ3v) is 5.22. The Morgan fingerprint density at radius 1 is 0.871 bits per heavy atom. The molecule has 0 saturated carbocycles. The zero-order valence-corrected chi connectivity index (χ0v) is 16.0. The van der Waals surface area contributed by atoms with Crippen LogP contribution in [0.1, 0.15) is 11.4 Å². The van der Waals surface area contributed by atoms with Crippen molar-refractivity contribution in [2.75, 3.05) is 6.26 Å². The second-order valence-electron chi connectivity index (χ2n) is 6.43. The van der Waals surface area contributed by atoms with Crippen LogP contribution >= 0.6 is 0 Å². The molecule has 3 rings (SSSR count). The number of imidazole rings is 1. The van der Waals surface area contributed by atoms with Crippen molar-refractivity contribution in [3.63, 3.8) is 0 Å². The van der Waals surface area contributed by atoms with Crippen molar-refractivity contribution in [3.05, 3.63) is 59.4 Å². The zero-order valence-electron chi connectivity index (χ0n) is 15.2. The van der Waals surface area contributed by atoms with E-state index in [9.17, 15) is 43.5 Å². The number of rotatable bonds is 3. The highest BCUT2D eigenvalue weighted by Gasteiger charge is 2.37. The van der Waals surface area contributed by atoms with Crippen LogP contribution in [0.4, 0.5) is 35.1 Å². The van der Waals surface area contributed by atoms with E-state index in [0.29, 0.717) is 30.5 Å². The maximum absolute atomic E-state index is 14.3. The average molecular weight is 470 g/mol. The molecule has 0 spiro atoms. The minimum absolute atomic E-state index is 0.388. The van der Waals surface area contributed by atoms with Gasteiger partial charge in [0, 0.05) is 17.4 Å². The summed E-state index contributed by atoms with van der Waals surface area (Å²) in [6, 6.07) is 4.08. The molecule has 3 aromatic rings. The third-order valence-electron chi connectivity index (χ3n) is 4.09. The fraction of sp³-hybridized carbons (Fsp3) is 0.167. The van der Waals surface area contributed by atoms with Crippen LogP contribution < -0.4 is 0 Å². The van der Waals surface area contributed by atoms with Crippen molar-refractivity contribution in [2.45, 2.75) is 17.2 Å². The minimum Gasteiger partial charge on any atom is -0.334 e. The second kappa shape index (κ2) is 7.32. The van der Waals surface area contributed by atoms with Gasteiger partial charge in [0.05, 0.1) is 17.0 Å². The molecule has 1 aromatic heterocycles. The SMILES string of the molecule is CS(=O)(=O)c1c(F)cc(-c2nc(C(F)(F)F)[nH]c2-c2cccc(C(F)(F)F)c2)cc1F. The molecule has 4 nitrogen and oxygen atoms in total. The number of nitrogens with zero attached hydrogens (tertiary/aromatic N) is 1. The van der Waals surface area contributed by atoms with Crippen LogP contribution in [0.2, 0.25) is 0 Å². The molecule has 31 heavy (non-hydrogen) atoms. The van der Waals surface area contributed by atoms with Gasteiger partial charge in [-0.05, 0) is 24.3 Å². The Kier molecular flexibility index (Phi) is 5.37. The van der Waals surface area contributed by atoms with E-state index in [1.54, 1.807) is 0 Å². The van der Waals surface area contributed by atoms with Gasteiger partial charge in [0.1, 0.15) is 16.5 Å². The molecule has 166 valence electrons. The molecule has 0 atom stereocenters. The maximum Gasteiger partial charge on any atom is 0.449 e. The van der Waals surface area contributed by atoms with Crippen LogP contribution in [0.5, 0.6) is 0 Å². The summed E-state index contributed by atoms with van der Waals surface area (Å²) in [4.78, 5) is 3.78. The van der Waals surface area contributed by atoms with Gasteiger partial charge in [-0.15, -0.1) is 0 Å². The van der Waals surface area contributed by atoms with Crippen LogP contribution in [0.3, 0.4) is 0 Å². The fourth-order valence-electron chi connectivity index (χ4n) is 2.83. The van der Waals surface area contributed by atoms with E-state index in [-0.39, 0.29) is 5.56 Å². The van der Waals surface area contributed by atoms with Crippen LogP contribution in [-0.2, 0) is 22.2 Å². The van der Waals surface area contributed by atoms with E-state index in [1.807, 2.05) is 4.98 Å². The third kappa shape index (κ3) is 4.55. The Labute approximate surface area is 169 Å². The summed E-state index contributed by atoms with van der Waals surface area (Å²) in [5.74, 6) is -4.81. The van der Waals surface area contributed by atoms with E-state index >= 15 is 0 Å². The highest BCUT2D eigenvalue weighted by molar-refractivity contribution is 7.90. The molecule has 1 heterocycles. The number of aromatic amines is 1. The Morgan fingerprint density at radius 2 is 1.45 bits per heavy atom.